The fourth-order valence-electron chi connectivity index (χ4n) is 3.45. The lowest BCUT2D eigenvalue weighted by Gasteiger charge is -2.38. The second-order valence-corrected chi connectivity index (χ2v) is 6.60. The van der Waals surface area contributed by atoms with E-state index < -0.39 is 0 Å². The quantitative estimate of drug-likeness (QED) is 0.916. The number of benzene rings is 2. The van der Waals surface area contributed by atoms with Gasteiger partial charge < -0.3 is 19.7 Å². The molecule has 0 atom stereocenters. The summed E-state index contributed by atoms with van der Waals surface area (Å²) in [6.45, 7) is 3.12. The van der Waals surface area contributed by atoms with Crippen LogP contribution in [-0.4, -0.2) is 38.0 Å². The SMILES string of the molecule is O=C(Nc1ccc(N2CCC3(CC2)OCCO3)cc1)c1ccc(F)cc1. The Morgan fingerprint density at radius 1 is 0.962 bits per heavy atom. The smallest absolute Gasteiger partial charge is 0.255 e. The van der Waals surface area contributed by atoms with E-state index in [-0.39, 0.29) is 17.5 Å². The Labute approximate surface area is 151 Å². The summed E-state index contributed by atoms with van der Waals surface area (Å²) in [6, 6.07) is 13.2. The summed E-state index contributed by atoms with van der Waals surface area (Å²) in [4.78, 5) is 14.5. The van der Waals surface area contributed by atoms with Crippen LogP contribution in [0.5, 0.6) is 0 Å². The molecule has 2 aromatic carbocycles. The van der Waals surface area contributed by atoms with Crippen molar-refractivity contribution in [1.29, 1.82) is 0 Å². The number of carbonyl (C=O) groups excluding carboxylic acids is 1. The van der Waals surface area contributed by atoms with E-state index in [1.807, 2.05) is 24.3 Å². The number of anilines is 2. The zero-order valence-corrected chi connectivity index (χ0v) is 14.4. The van der Waals surface area contributed by atoms with Crippen molar-refractivity contribution in [3.8, 4) is 0 Å². The van der Waals surface area contributed by atoms with Crippen molar-refractivity contribution in [2.75, 3.05) is 36.5 Å². The zero-order chi connectivity index (χ0) is 18.0. The van der Waals surface area contributed by atoms with Crippen LogP contribution < -0.4 is 10.2 Å². The molecule has 2 aliphatic rings. The van der Waals surface area contributed by atoms with Crippen molar-refractivity contribution >= 4 is 17.3 Å². The van der Waals surface area contributed by atoms with E-state index in [1.165, 1.54) is 24.3 Å². The van der Waals surface area contributed by atoms with Gasteiger partial charge in [0.2, 0.25) is 0 Å². The Hall–Kier alpha value is -2.44. The van der Waals surface area contributed by atoms with Gasteiger partial charge in [-0.2, -0.15) is 0 Å². The molecule has 2 fully saturated rings. The number of carbonyl (C=O) groups is 1. The van der Waals surface area contributed by atoms with E-state index >= 15 is 0 Å². The highest BCUT2D eigenvalue weighted by molar-refractivity contribution is 6.04. The highest BCUT2D eigenvalue weighted by Gasteiger charge is 2.39. The molecule has 0 aliphatic carbocycles. The molecule has 0 aromatic heterocycles. The molecule has 0 unspecified atom stereocenters. The predicted molar refractivity (Wildman–Crippen MR) is 96.9 cm³/mol. The number of hydrogen-bond donors (Lipinski definition) is 1. The summed E-state index contributed by atoms with van der Waals surface area (Å²) in [6.07, 6.45) is 1.71. The van der Waals surface area contributed by atoms with Gasteiger partial charge in [-0.25, -0.2) is 4.39 Å². The number of nitrogens with zero attached hydrogens (tertiary/aromatic N) is 1. The molecule has 2 aliphatic heterocycles. The van der Waals surface area contributed by atoms with Crippen molar-refractivity contribution in [3.63, 3.8) is 0 Å². The van der Waals surface area contributed by atoms with Crippen LogP contribution in [0, 0.1) is 5.82 Å². The molecule has 0 bridgehead atoms. The highest BCUT2D eigenvalue weighted by Crippen LogP contribution is 2.33. The largest absolute Gasteiger partial charge is 0.371 e. The first-order valence-electron chi connectivity index (χ1n) is 8.83. The van der Waals surface area contributed by atoms with Crippen LogP contribution in [0.2, 0.25) is 0 Å². The van der Waals surface area contributed by atoms with Gasteiger partial charge in [-0.3, -0.25) is 4.79 Å². The fraction of sp³-hybridized carbons (Fsp3) is 0.350. The maximum absolute atomic E-state index is 12.9. The van der Waals surface area contributed by atoms with E-state index in [0.29, 0.717) is 24.5 Å². The predicted octanol–water partition coefficient (Wildman–Crippen LogP) is 3.42. The van der Waals surface area contributed by atoms with Crippen LogP contribution in [-0.2, 0) is 9.47 Å². The first kappa shape index (κ1) is 17.0. The minimum Gasteiger partial charge on any atom is -0.371 e. The molecule has 2 heterocycles. The van der Waals surface area contributed by atoms with Crippen LogP contribution in [0.25, 0.3) is 0 Å². The van der Waals surface area contributed by atoms with Gasteiger partial charge in [0.05, 0.1) is 13.2 Å². The van der Waals surface area contributed by atoms with Gasteiger partial charge in [-0.15, -0.1) is 0 Å². The Kier molecular flexibility index (Phi) is 4.61. The van der Waals surface area contributed by atoms with Crippen LogP contribution in [0.1, 0.15) is 23.2 Å². The van der Waals surface area contributed by atoms with Crippen molar-refractivity contribution in [3.05, 3.63) is 59.9 Å². The van der Waals surface area contributed by atoms with Gasteiger partial charge in [0, 0.05) is 42.9 Å². The van der Waals surface area contributed by atoms with E-state index in [0.717, 1.165) is 31.6 Å². The molecule has 6 heteroatoms. The lowest BCUT2D eigenvalue weighted by Crippen LogP contribution is -2.45. The van der Waals surface area contributed by atoms with Gasteiger partial charge in [-0.1, -0.05) is 0 Å². The zero-order valence-electron chi connectivity index (χ0n) is 14.4. The van der Waals surface area contributed by atoms with Crippen LogP contribution >= 0.6 is 0 Å². The molecule has 0 saturated carbocycles. The first-order chi connectivity index (χ1) is 12.6. The number of rotatable bonds is 3. The molecule has 5 nitrogen and oxygen atoms in total. The van der Waals surface area contributed by atoms with Crippen molar-refractivity contribution < 1.29 is 18.7 Å². The average molecular weight is 356 g/mol. The fourth-order valence-corrected chi connectivity index (χ4v) is 3.45. The minimum absolute atomic E-state index is 0.256. The van der Waals surface area contributed by atoms with E-state index in [9.17, 15) is 9.18 Å². The van der Waals surface area contributed by atoms with Crippen LogP contribution in [0.4, 0.5) is 15.8 Å². The summed E-state index contributed by atoms with van der Waals surface area (Å²) in [5.41, 5.74) is 2.24. The van der Waals surface area contributed by atoms with Gasteiger partial charge in [0.25, 0.3) is 5.91 Å². The van der Waals surface area contributed by atoms with Crippen molar-refractivity contribution in [2.24, 2.45) is 0 Å². The lowest BCUT2D eigenvalue weighted by molar-refractivity contribution is -0.169. The maximum atomic E-state index is 12.9. The molecule has 136 valence electrons. The Bertz CT molecular complexity index is 761. The second-order valence-electron chi connectivity index (χ2n) is 6.60. The summed E-state index contributed by atoms with van der Waals surface area (Å²) < 4.78 is 24.5. The molecular formula is C20H21FN2O3. The monoisotopic (exact) mass is 356 g/mol. The van der Waals surface area contributed by atoms with Gasteiger partial charge >= 0.3 is 0 Å². The normalized spacial score (nSPS) is 18.9. The number of halogens is 1. The molecule has 1 N–H and O–H groups in total. The molecule has 1 amide bonds. The third kappa shape index (κ3) is 3.57. The van der Waals surface area contributed by atoms with Crippen LogP contribution in [0.15, 0.2) is 48.5 Å². The summed E-state index contributed by atoms with van der Waals surface area (Å²) in [5.74, 6) is -0.990. The third-order valence-electron chi connectivity index (χ3n) is 4.94. The Balaban J connectivity index is 1.36. The summed E-state index contributed by atoms with van der Waals surface area (Å²) in [7, 11) is 0. The van der Waals surface area contributed by atoms with Crippen LogP contribution in [0.3, 0.4) is 0 Å². The standard InChI is InChI=1S/C20H21FN2O3/c21-16-3-1-15(2-4-16)19(24)22-17-5-7-18(8-6-17)23-11-9-20(10-12-23)25-13-14-26-20/h1-8H,9-14H2,(H,22,24). The Morgan fingerprint density at radius 2 is 1.58 bits per heavy atom. The number of ether oxygens (including phenoxy) is 2. The Morgan fingerprint density at radius 3 is 2.19 bits per heavy atom. The maximum Gasteiger partial charge on any atom is 0.255 e. The molecular weight excluding hydrogens is 335 g/mol. The molecule has 1 spiro atoms. The minimum atomic E-state index is -0.375. The molecule has 2 saturated heterocycles. The topological polar surface area (TPSA) is 50.8 Å². The molecule has 2 aromatic rings. The third-order valence-corrected chi connectivity index (χ3v) is 4.94. The summed E-state index contributed by atoms with van der Waals surface area (Å²) >= 11 is 0. The lowest BCUT2D eigenvalue weighted by atomic mass is 10.0. The highest BCUT2D eigenvalue weighted by atomic mass is 19.1. The van der Waals surface area contributed by atoms with Gasteiger partial charge in [0.15, 0.2) is 5.79 Å². The van der Waals surface area contributed by atoms with E-state index in [4.69, 9.17) is 9.47 Å². The van der Waals surface area contributed by atoms with E-state index in [2.05, 4.69) is 10.2 Å². The number of amides is 1. The van der Waals surface area contributed by atoms with E-state index in [1.54, 1.807) is 0 Å². The number of hydrogen-bond acceptors (Lipinski definition) is 4. The number of nitrogens with one attached hydrogen (secondary N) is 1. The van der Waals surface area contributed by atoms with Crippen molar-refractivity contribution in [1.82, 2.24) is 0 Å². The number of piperidine rings is 1. The first-order valence-corrected chi connectivity index (χ1v) is 8.83. The second kappa shape index (κ2) is 7.05. The summed E-state index contributed by atoms with van der Waals surface area (Å²) in [5, 5.41) is 2.83. The molecule has 4 rings (SSSR count). The van der Waals surface area contributed by atoms with Gasteiger partial charge in [-0.05, 0) is 48.5 Å². The molecule has 0 radical (unpaired) electrons. The molecule has 26 heavy (non-hydrogen) atoms. The van der Waals surface area contributed by atoms with Crippen molar-refractivity contribution in [2.45, 2.75) is 18.6 Å². The average Bonchev–Trinajstić information content (AvgIpc) is 3.12. The van der Waals surface area contributed by atoms with Gasteiger partial charge in [0.1, 0.15) is 5.82 Å².